The van der Waals surface area contributed by atoms with Gasteiger partial charge in [-0.05, 0) is 31.6 Å². The number of phosphoric acid groups is 2. The maximum Gasteiger partial charge on any atom is 0.472 e. The summed E-state index contributed by atoms with van der Waals surface area (Å²) in [5.41, 5.74) is 0. The van der Waals surface area contributed by atoms with Crippen LogP contribution in [0.4, 0.5) is 0 Å². The van der Waals surface area contributed by atoms with Gasteiger partial charge in [-0.2, -0.15) is 0 Å². The van der Waals surface area contributed by atoms with Gasteiger partial charge in [0.05, 0.1) is 26.4 Å². The third kappa shape index (κ3) is 74.1. The Labute approximate surface area is 607 Å². The van der Waals surface area contributed by atoms with Crippen molar-refractivity contribution in [3.63, 3.8) is 0 Å². The van der Waals surface area contributed by atoms with Crippen LogP contribution in [-0.4, -0.2) is 96.7 Å². The van der Waals surface area contributed by atoms with E-state index in [1.807, 2.05) is 0 Å². The maximum absolute atomic E-state index is 13.1. The lowest BCUT2D eigenvalue weighted by atomic mass is 10.0. The Kier molecular flexibility index (Phi) is 71.6. The van der Waals surface area contributed by atoms with E-state index in [0.717, 1.165) is 102 Å². The second kappa shape index (κ2) is 73.0. The summed E-state index contributed by atoms with van der Waals surface area (Å²) in [4.78, 5) is 72.8. The predicted octanol–water partition coefficient (Wildman–Crippen LogP) is 24.0. The average molecular weight is 1450 g/mol. The zero-order valence-electron chi connectivity index (χ0n) is 64.6. The molecule has 5 atom stereocenters. The summed E-state index contributed by atoms with van der Waals surface area (Å²) in [5.74, 6) is -1.30. The molecule has 0 amide bonds. The van der Waals surface area contributed by atoms with Crippen molar-refractivity contribution in [3.05, 3.63) is 0 Å². The van der Waals surface area contributed by atoms with Crippen molar-refractivity contribution in [1.82, 2.24) is 0 Å². The Morgan fingerprint density at radius 1 is 0.273 bits per heavy atom. The van der Waals surface area contributed by atoms with Crippen LogP contribution in [0.5, 0.6) is 0 Å². The Hall–Kier alpha value is -1.94. The molecular weight excluding hydrogens is 1290 g/mol. The first-order valence-electron chi connectivity index (χ1n) is 41.6. The summed E-state index contributed by atoms with van der Waals surface area (Å²) < 4.78 is 68.5. The predicted molar refractivity (Wildman–Crippen MR) is 405 cm³/mol. The SMILES string of the molecule is CCCCCCCCCCCCCCCCCCCCCCCC(=O)O[C@H](COC(=O)CCCCCCCCCCCCCCCCCCC(C)C)COP(=O)(O)OC[C@@H](O)COP(=O)(O)OC[C@@H](COC(=O)CCCCCCCCCC)OC(=O)CCCCCCCCCCCCC. The zero-order valence-corrected chi connectivity index (χ0v) is 66.4. The van der Waals surface area contributed by atoms with Gasteiger partial charge in [0.25, 0.3) is 0 Å². The van der Waals surface area contributed by atoms with E-state index in [1.54, 1.807) is 0 Å². The van der Waals surface area contributed by atoms with Gasteiger partial charge in [-0.15, -0.1) is 0 Å². The normalized spacial score (nSPS) is 13.9. The van der Waals surface area contributed by atoms with Crippen molar-refractivity contribution in [2.24, 2.45) is 5.92 Å². The molecule has 0 aromatic heterocycles. The van der Waals surface area contributed by atoms with Crippen LogP contribution >= 0.6 is 15.6 Å². The van der Waals surface area contributed by atoms with E-state index >= 15 is 0 Å². The fourth-order valence-corrected chi connectivity index (χ4v) is 14.0. The van der Waals surface area contributed by atoms with Crippen LogP contribution in [0, 0.1) is 5.92 Å². The van der Waals surface area contributed by atoms with E-state index in [2.05, 4.69) is 34.6 Å². The van der Waals surface area contributed by atoms with Crippen molar-refractivity contribution < 1.29 is 80.2 Å². The summed E-state index contributed by atoms with van der Waals surface area (Å²) in [6.45, 7) is 7.32. The molecule has 0 aliphatic carbocycles. The first-order valence-corrected chi connectivity index (χ1v) is 44.6. The highest BCUT2D eigenvalue weighted by atomic mass is 31.2. The van der Waals surface area contributed by atoms with E-state index in [-0.39, 0.29) is 25.7 Å². The molecule has 0 saturated carbocycles. The van der Waals surface area contributed by atoms with Gasteiger partial charge in [0.15, 0.2) is 12.2 Å². The second-order valence-electron chi connectivity index (χ2n) is 29.3. The minimum atomic E-state index is -4.96. The second-order valence-corrected chi connectivity index (χ2v) is 32.2. The lowest BCUT2D eigenvalue weighted by molar-refractivity contribution is -0.161. The van der Waals surface area contributed by atoms with Gasteiger partial charge < -0.3 is 33.8 Å². The van der Waals surface area contributed by atoms with E-state index in [9.17, 15) is 43.2 Å². The van der Waals surface area contributed by atoms with Crippen molar-refractivity contribution in [2.75, 3.05) is 39.6 Å². The van der Waals surface area contributed by atoms with E-state index in [1.165, 1.54) is 244 Å². The number of esters is 4. The Morgan fingerprint density at radius 3 is 0.687 bits per heavy atom. The summed E-state index contributed by atoms with van der Waals surface area (Å²) in [6.07, 6.45) is 64.0. The maximum atomic E-state index is 13.1. The van der Waals surface area contributed by atoms with Crippen LogP contribution in [0.15, 0.2) is 0 Å². The van der Waals surface area contributed by atoms with Gasteiger partial charge in [-0.1, -0.05) is 375 Å². The number of carbonyl (C=O) groups is 4. The molecule has 0 rings (SSSR count). The first-order chi connectivity index (χ1) is 48.0. The zero-order chi connectivity index (χ0) is 72.7. The third-order valence-electron chi connectivity index (χ3n) is 18.8. The standard InChI is InChI=1S/C80H156O17P2/c1-6-9-12-15-18-21-23-24-25-26-27-28-29-30-35-38-42-46-51-56-61-66-80(85)97-76(70-91-78(83)64-59-54-49-44-41-37-34-32-31-33-36-40-43-47-52-57-62-73(4)5)72-95-99(88,89)93-68-74(81)67-92-98(86,87)94-71-75(69-90-77(82)63-58-53-48-20-17-14-11-8-3)96-79(84)65-60-55-50-45-39-22-19-16-13-10-7-2/h73-76,81H,6-72H2,1-5H3,(H,86,87)(H,88,89)/t74-,75+,76+/m0/s1. The quantitative estimate of drug-likeness (QED) is 0.0222. The molecule has 0 fully saturated rings. The average Bonchev–Trinajstić information content (AvgIpc) is 1.02. The number of rotatable bonds is 80. The highest BCUT2D eigenvalue weighted by Crippen LogP contribution is 2.45. The number of aliphatic hydroxyl groups is 1. The number of phosphoric ester groups is 2. The Morgan fingerprint density at radius 2 is 0.465 bits per heavy atom. The van der Waals surface area contributed by atoms with Gasteiger partial charge in [0.2, 0.25) is 0 Å². The molecule has 588 valence electrons. The largest absolute Gasteiger partial charge is 0.472 e. The van der Waals surface area contributed by atoms with Crippen LogP contribution in [0.2, 0.25) is 0 Å². The van der Waals surface area contributed by atoms with Crippen molar-refractivity contribution in [3.8, 4) is 0 Å². The van der Waals surface area contributed by atoms with Crippen LogP contribution in [0.25, 0.3) is 0 Å². The summed E-state index contributed by atoms with van der Waals surface area (Å²) in [5, 5.41) is 10.6. The fourth-order valence-electron chi connectivity index (χ4n) is 12.4. The smallest absolute Gasteiger partial charge is 0.462 e. The Balaban J connectivity index is 5.17. The molecular formula is C80H156O17P2. The minimum absolute atomic E-state index is 0.107. The molecule has 99 heavy (non-hydrogen) atoms. The van der Waals surface area contributed by atoms with Gasteiger partial charge in [-0.3, -0.25) is 37.3 Å². The number of hydrogen-bond acceptors (Lipinski definition) is 15. The highest BCUT2D eigenvalue weighted by Gasteiger charge is 2.30. The monoisotopic (exact) mass is 1450 g/mol. The highest BCUT2D eigenvalue weighted by molar-refractivity contribution is 7.47. The third-order valence-corrected chi connectivity index (χ3v) is 20.7. The van der Waals surface area contributed by atoms with Gasteiger partial charge in [0.1, 0.15) is 19.3 Å². The number of ether oxygens (including phenoxy) is 4. The number of unbranched alkanes of at least 4 members (excludes halogenated alkanes) is 52. The van der Waals surface area contributed by atoms with Crippen molar-refractivity contribution in [2.45, 2.75) is 445 Å². The lowest BCUT2D eigenvalue weighted by Gasteiger charge is -2.21. The lowest BCUT2D eigenvalue weighted by Crippen LogP contribution is -2.30. The summed E-state index contributed by atoms with van der Waals surface area (Å²) in [7, 11) is -9.91. The molecule has 0 aromatic carbocycles. The molecule has 0 saturated heterocycles. The van der Waals surface area contributed by atoms with Gasteiger partial charge in [0, 0.05) is 25.7 Å². The van der Waals surface area contributed by atoms with Crippen LogP contribution in [0.1, 0.15) is 426 Å². The number of aliphatic hydroxyl groups excluding tert-OH is 1. The minimum Gasteiger partial charge on any atom is -0.462 e. The van der Waals surface area contributed by atoms with Crippen molar-refractivity contribution >= 4 is 39.5 Å². The molecule has 3 N–H and O–H groups in total. The molecule has 0 spiro atoms. The molecule has 0 aromatic rings. The van der Waals surface area contributed by atoms with Crippen molar-refractivity contribution in [1.29, 1.82) is 0 Å². The molecule has 0 bridgehead atoms. The van der Waals surface area contributed by atoms with E-state index in [4.69, 9.17) is 37.0 Å². The summed E-state index contributed by atoms with van der Waals surface area (Å²) in [6, 6.07) is 0. The molecule has 0 radical (unpaired) electrons. The van der Waals surface area contributed by atoms with Crippen LogP contribution < -0.4 is 0 Å². The summed E-state index contributed by atoms with van der Waals surface area (Å²) >= 11 is 0. The molecule has 17 nitrogen and oxygen atoms in total. The van der Waals surface area contributed by atoms with E-state index in [0.29, 0.717) is 25.7 Å². The molecule has 0 aliphatic heterocycles. The molecule has 2 unspecified atom stereocenters. The topological polar surface area (TPSA) is 237 Å². The van der Waals surface area contributed by atoms with Gasteiger partial charge >= 0.3 is 39.5 Å². The Bertz CT molecular complexity index is 1890. The molecule has 0 aliphatic rings. The van der Waals surface area contributed by atoms with Crippen LogP contribution in [0.3, 0.4) is 0 Å². The molecule has 0 heterocycles. The van der Waals surface area contributed by atoms with Crippen LogP contribution in [-0.2, 0) is 65.4 Å². The fraction of sp³-hybridized carbons (Fsp3) is 0.950. The number of carbonyl (C=O) groups excluding carboxylic acids is 4. The van der Waals surface area contributed by atoms with E-state index < -0.39 is 97.5 Å². The molecule has 19 heteroatoms. The number of hydrogen-bond donors (Lipinski definition) is 3. The first kappa shape index (κ1) is 97.1. The van der Waals surface area contributed by atoms with Gasteiger partial charge in [-0.25, -0.2) is 9.13 Å².